The molecular formula is C14H16ClNO4S. The minimum absolute atomic E-state index is 0.190. The minimum atomic E-state index is -2.89. The van der Waals surface area contributed by atoms with Crippen LogP contribution in [0, 0.1) is 5.92 Å². The number of fused-ring (bicyclic) bond motifs is 2. The fourth-order valence-corrected chi connectivity index (χ4v) is 5.92. The van der Waals surface area contributed by atoms with Gasteiger partial charge in [-0.2, -0.15) is 0 Å². The highest BCUT2D eigenvalue weighted by Crippen LogP contribution is 2.39. The van der Waals surface area contributed by atoms with Crippen LogP contribution in [0.2, 0.25) is 5.02 Å². The van der Waals surface area contributed by atoms with Crippen molar-refractivity contribution in [2.24, 2.45) is 5.92 Å². The SMILES string of the molecule is O=S1(=O)CC[C@H]2CN(Cc3cc4c(cc3Cl)OCO4)C[C@H]21. The average Bonchev–Trinajstić information content (AvgIpc) is 3.09. The fraction of sp³-hybridized carbons (Fsp3) is 0.571. The maximum absolute atomic E-state index is 12.0. The quantitative estimate of drug-likeness (QED) is 0.826. The summed E-state index contributed by atoms with van der Waals surface area (Å²) in [5.41, 5.74) is 0.957. The summed E-state index contributed by atoms with van der Waals surface area (Å²) in [7, 11) is -2.89. The molecule has 2 fully saturated rings. The van der Waals surface area contributed by atoms with Gasteiger partial charge in [-0.1, -0.05) is 11.6 Å². The van der Waals surface area contributed by atoms with Crippen molar-refractivity contribution in [1.29, 1.82) is 0 Å². The number of likely N-dealkylation sites (tertiary alicyclic amines) is 1. The highest BCUT2D eigenvalue weighted by Gasteiger charge is 2.46. The zero-order valence-electron chi connectivity index (χ0n) is 11.4. The van der Waals surface area contributed by atoms with Crippen molar-refractivity contribution in [3.05, 3.63) is 22.7 Å². The van der Waals surface area contributed by atoms with Gasteiger partial charge < -0.3 is 9.47 Å². The van der Waals surface area contributed by atoms with Gasteiger partial charge in [-0.3, -0.25) is 4.90 Å². The van der Waals surface area contributed by atoms with E-state index in [-0.39, 0.29) is 18.0 Å². The van der Waals surface area contributed by atoms with E-state index in [1.54, 1.807) is 6.07 Å². The van der Waals surface area contributed by atoms with E-state index in [0.29, 0.717) is 35.4 Å². The third kappa shape index (κ3) is 2.29. The van der Waals surface area contributed by atoms with E-state index >= 15 is 0 Å². The maximum Gasteiger partial charge on any atom is 0.231 e. The van der Waals surface area contributed by atoms with E-state index in [2.05, 4.69) is 4.90 Å². The first-order valence-corrected chi connectivity index (χ1v) is 9.14. The summed E-state index contributed by atoms with van der Waals surface area (Å²) in [5.74, 6) is 2.01. The highest BCUT2D eigenvalue weighted by atomic mass is 35.5. The molecule has 0 aromatic heterocycles. The Labute approximate surface area is 128 Å². The number of rotatable bonds is 2. The van der Waals surface area contributed by atoms with Crippen LogP contribution >= 0.6 is 11.6 Å². The molecule has 5 nitrogen and oxygen atoms in total. The number of hydrogen-bond acceptors (Lipinski definition) is 5. The molecule has 7 heteroatoms. The van der Waals surface area contributed by atoms with E-state index < -0.39 is 9.84 Å². The van der Waals surface area contributed by atoms with Gasteiger partial charge in [-0.05, 0) is 24.0 Å². The number of benzene rings is 1. The lowest BCUT2D eigenvalue weighted by Gasteiger charge is -2.17. The van der Waals surface area contributed by atoms with Gasteiger partial charge in [0, 0.05) is 30.7 Å². The van der Waals surface area contributed by atoms with Crippen molar-refractivity contribution < 1.29 is 17.9 Å². The second-order valence-electron chi connectivity index (χ2n) is 5.95. The normalized spacial score (nSPS) is 29.8. The standard InChI is InChI=1S/C14H16ClNO4S/c15-11-4-13-12(19-8-20-13)3-10(11)6-16-5-9-1-2-21(17,18)14(9)7-16/h3-4,9,14H,1-2,5-8H2/t9-,14+/m0/s1. The molecule has 0 saturated carbocycles. The van der Waals surface area contributed by atoms with E-state index in [9.17, 15) is 8.42 Å². The van der Waals surface area contributed by atoms with E-state index in [1.165, 1.54) is 0 Å². The predicted octanol–water partition coefficient (Wildman–Crippen LogP) is 1.69. The third-order valence-electron chi connectivity index (χ3n) is 4.63. The van der Waals surface area contributed by atoms with Crippen molar-refractivity contribution in [2.45, 2.75) is 18.2 Å². The van der Waals surface area contributed by atoms with E-state index in [4.69, 9.17) is 21.1 Å². The first-order chi connectivity index (χ1) is 10.0. The molecular weight excluding hydrogens is 314 g/mol. The van der Waals surface area contributed by atoms with Crippen LogP contribution in [0.4, 0.5) is 0 Å². The van der Waals surface area contributed by atoms with Gasteiger partial charge >= 0.3 is 0 Å². The Bertz CT molecular complexity index is 690. The molecule has 4 rings (SSSR count). The summed E-state index contributed by atoms with van der Waals surface area (Å²) in [4.78, 5) is 2.18. The second-order valence-corrected chi connectivity index (χ2v) is 8.69. The molecule has 3 aliphatic rings. The van der Waals surface area contributed by atoms with Crippen LogP contribution < -0.4 is 9.47 Å². The van der Waals surface area contributed by atoms with Crippen molar-refractivity contribution in [1.82, 2.24) is 4.90 Å². The topological polar surface area (TPSA) is 55.8 Å². The zero-order valence-corrected chi connectivity index (χ0v) is 13.0. The number of ether oxygens (including phenoxy) is 2. The Balaban J connectivity index is 1.53. The summed E-state index contributed by atoms with van der Waals surface area (Å²) in [6.07, 6.45) is 0.790. The smallest absolute Gasteiger partial charge is 0.231 e. The van der Waals surface area contributed by atoms with Gasteiger partial charge in [-0.15, -0.1) is 0 Å². The Morgan fingerprint density at radius 3 is 2.76 bits per heavy atom. The molecule has 0 bridgehead atoms. The molecule has 2 saturated heterocycles. The lowest BCUT2D eigenvalue weighted by atomic mass is 10.1. The van der Waals surface area contributed by atoms with Crippen LogP contribution in [0.5, 0.6) is 11.5 Å². The summed E-state index contributed by atoms with van der Waals surface area (Å²) >= 11 is 6.28. The summed E-state index contributed by atoms with van der Waals surface area (Å²) in [5, 5.41) is 0.449. The van der Waals surface area contributed by atoms with Gasteiger partial charge in [0.05, 0.1) is 11.0 Å². The van der Waals surface area contributed by atoms with Crippen LogP contribution in [0.3, 0.4) is 0 Å². The molecule has 114 valence electrons. The van der Waals surface area contributed by atoms with Gasteiger partial charge in [0.25, 0.3) is 0 Å². The molecule has 2 atom stereocenters. The zero-order chi connectivity index (χ0) is 14.6. The highest BCUT2D eigenvalue weighted by molar-refractivity contribution is 7.92. The molecule has 1 aromatic carbocycles. The summed E-state index contributed by atoms with van der Waals surface area (Å²) in [6.45, 7) is 2.31. The lowest BCUT2D eigenvalue weighted by Crippen LogP contribution is -2.26. The van der Waals surface area contributed by atoms with Crippen LogP contribution in [-0.2, 0) is 16.4 Å². The number of halogens is 1. The van der Waals surface area contributed by atoms with E-state index in [0.717, 1.165) is 18.5 Å². The third-order valence-corrected chi connectivity index (χ3v) is 7.24. The van der Waals surface area contributed by atoms with Gasteiger partial charge in [0.15, 0.2) is 21.3 Å². The largest absolute Gasteiger partial charge is 0.454 e. The Morgan fingerprint density at radius 2 is 2.00 bits per heavy atom. The summed E-state index contributed by atoms with van der Waals surface area (Å²) < 4.78 is 34.6. The lowest BCUT2D eigenvalue weighted by molar-refractivity contribution is 0.174. The predicted molar refractivity (Wildman–Crippen MR) is 78.5 cm³/mol. The fourth-order valence-electron chi connectivity index (χ4n) is 3.53. The van der Waals surface area contributed by atoms with Crippen molar-refractivity contribution >= 4 is 21.4 Å². The van der Waals surface area contributed by atoms with Crippen molar-refractivity contribution in [2.75, 3.05) is 25.6 Å². The molecule has 0 unspecified atom stereocenters. The van der Waals surface area contributed by atoms with Crippen LogP contribution in [0.25, 0.3) is 0 Å². The van der Waals surface area contributed by atoms with Gasteiger partial charge in [0.2, 0.25) is 6.79 Å². The minimum Gasteiger partial charge on any atom is -0.454 e. The first-order valence-electron chi connectivity index (χ1n) is 7.05. The maximum atomic E-state index is 12.0. The number of hydrogen-bond donors (Lipinski definition) is 0. The molecule has 0 amide bonds. The Kier molecular flexibility index (Phi) is 3.10. The van der Waals surface area contributed by atoms with Crippen LogP contribution in [0.1, 0.15) is 12.0 Å². The van der Waals surface area contributed by atoms with E-state index in [1.807, 2.05) is 6.07 Å². The molecule has 0 N–H and O–H groups in total. The number of nitrogens with zero attached hydrogens (tertiary/aromatic N) is 1. The molecule has 0 radical (unpaired) electrons. The summed E-state index contributed by atoms with van der Waals surface area (Å²) in [6, 6.07) is 3.67. The van der Waals surface area contributed by atoms with Gasteiger partial charge in [0.1, 0.15) is 0 Å². The Hall–Kier alpha value is -0.980. The number of sulfone groups is 1. The second kappa shape index (κ2) is 4.76. The molecule has 3 aliphatic heterocycles. The molecule has 21 heavy (non-hydrogen) atoms. The molecule has 0 aliphatic carbocycles. The molecule has 1 aromatic rings. The average molecular weight is 330 g/mol. The van der Waals surface area contributed by atoms with Crippen molar-refractivity contribution in [3.8, 4) is 11.5 Å². The Morgan fingerprint density at radius 1 is 1.24 bits per heavy atom. The van der Waals surface area contributed by atoms with Crippen molar-refractivity contribution in [3.63, 3.8) is 0 Å². The van der Waals surface area contributed by atoms with Crippen LogP contribution in [-0.4, -0.2) is 44.2 Å². The molecule has 3 heterocycles. The molecule has 0 spiro atoms. The van der Waals surface area contributed by atoms with Crippen LogP contribution in [0.15, 0.2) is 12.1 Å². The first kappa shape index (κ1) is 13.7. The van der Waals surface area contributed by atoms with Gasteiger partial charge in [-0.25, -0.2) is 8.42 Å². The monoisotopic (exact) mass is 329 g/mol.